The third-order valence-electron chi connectivity index (χ3n) is 5.35. The summed E-state index contributed by atoms with van der Waals surface area (Å²) in [6, 6.07) is 31.7. The molecule has 0 aliphatic carbocycles. The monoisotopic (exact) mass is 396 g/mol. The molecule has 0 spiro atoms. The quantitative estimate of drug-likeness (QED) is 0.230. The summed E-state index contributed by atoms with van der Waals surface area (Å²) in [6.07, 6.45) is 5.49. The first-order chi connectivity index (χ1) is 14.2. The van der Waals surface area contributed by atoms with E-state index >= 15 is 0 Å². The summed E-state index contributed by atoms with van der Waals surface area (Å²) in [5.41, 5.74) is 2.88. The van der Waals surface area contributed by atoms with E-state index in [2.05, 4.69) is 105 Å². The van der Waals surface area contributed by atoms with Gasteiger partial charge in [-0.25, -0.2) is 0 Å². The van der Waals surface area contributed by atoms with Crippen LogP contribution in [-0.4, -0.2) is 8.80 Å². The van der Waals surface area contributed by atoms with Crippen molar-refractivity contribution < 1.29 is 0 Å². The van der Waals surface area contributed by atoms with Gasteiger partial charge in [0.25, 0.3) is 0 Å². The number of rotatable bonds is 6. The molecule has 0 N–H and O–H groups in total. The zero-order valence-corrected chi connectivity index (χ0v) is 18.9. The molecule has 0 aromatic heterocycles. The molecule has 0 saturated carbocycles. The van der Waals surface area contributed by atoms with Crippen LogP contribution in [-0.2, 0) is 12.8 Å². The molecule has 4 aromatic rings. The smallest absolute Gasteiger partial charge is 0.0305 e. The van der Waals surface area contributed by atoms with Crippen LogP contribution in [0.4, 0.5) is 0 Å². The van der Waals surface area contributed by atoms with Crippen LogP contribution in [0.3, 0.4) is 0 Å². The fourth-order valence-corrected chi connectivity index (χ4v) is 4.86. The van der Waals surface area contributed by atoms with Crippen LogP contribution in [0, 0.1) is 0 Å². The van der Waals surface area contributed by atoms with Crippen LogP contribution in [0.15, 0.2) is 97.6 Å². The second-order valence-corrected chi connectivity index (χ2v) is 11.4. The Kier molecular flexibility index (Phi) is 7.83. The molecule has 0 aliphatic heterocycles. The molecular weight excluding hydrogens is 364 g/mol. The Labute approximate surface area is 177 Å². The highest BCUT2D eigenvalue weighted by atomic mass is 28.3. The number of hydrogen-bond donors (Lipinski definition) is 0. The number of allylic oxidation sites excluding steroid dienone is 1. The lowest BCUT2D eigenvalue weighted by atomic mass is 10.0. The first-order valence-electron chi connectivity index (χ1n) is 10.7. The maximum absolute atomic E-state index is 3.76. The Morgan fingerprint density at radius 1 is 0.690 bits per heavy atom. The summed E-state index contributed by atoms with van der Waals surface area (Å²) < 4.78 is 0. The van der Waals surface area contributed by atoms with Crippen molar-refractivity contribution in [2.75, 3.05) is 0 Å². The summed E-state index contributed by atoms with van der Waals surface area (Å²) in [5.74, 6) is 0. The molecule has 0 unspecified atom stereocenters. The van der Waals surface area contributed by atoms with Crippen molar-refractivity contribution in [1.29, 1.82) is 0 Å². The third kappa shape index (κ3) is 5.92. The first kappa shape index (κ1) is 21.1. The lowest BCUT2D eigenvalue weighted by Crippen LogP contribution is -1.99. The topological polar surface area (TPSA) is 0 Å². The van der Waals surface area contributed by atoms with E-state index in [0.717, 1.165) is 6.42 Å². The zero-order chi connectivity index (χ0) is 20.5. The Morgan fingerprint density at radius 3 is 1.79 bits per heavy atom. The van der Waals surface area contributed by atoms with Gasteiger partial charge in [-0.15, -0.1) is 6.58 Å². The Balaban J connectivity index is 0.000000169. The van der Waals surface area contributed by atoms with E-state index in [1.165, 1.54) is 51.6 Å². The summed E-state index contributed by atoms with van der Waals surface area (Å²) in [4.78, 5) is 0. The number of benzene rings is 4. The van der Waals surface area contributed by atoms with E-state index in [0.29, 0.717) is 0 Å². The van der Waals surface area contributed by atoms with E-state index in [-0.39, 0.29) is 8.80 Å². The summed E-state index contributed by atoms with van der Waals surface area (Å²) in [6.45, 7) is 8.63. The molecule has 29 heavy (non-hydrogen) atoms. The average Bonchev–Trinajstić information content (AvgIpc) is 2.75. The molecule has 0 nitrogen and oxygen atoms in total. The van der Waals surface area contributed by atoms with Gasteiger partial charge in [-0.05, 0) is 45.5 Å². The number of aryl methyl sites for hydroxylation is 1. The Hall–Kier alpha value is -2.64. The number of hydrogen-bond acceptors (Lipinski definition) is 0. The maximum atomic E-state index is 3.76. The van der Waals surface area contributed by atoms with Crippen LogP contribution in [0.1, 0.15) is 17.5 Å². The van der Waals surface area contributed by atoms with E-state index in [9.17, 15) is 0 Å². The van der Waals surface area contributed by atoms with Crippen molar-refractivity contribution in [2.24, 2.45) is 0 Å². The molecule has 0 saturated heterocycles. The first-order valence-corrected chi connectivity index (χ1v) is 13.9. The van der Waals surface area contributed by atoms with Gasteiger partial charge < -0.3 is 0 Å². The van der Waals surface area contributed by atoms with E-state index in [4.69, 9.17) is 0 Å². The van der Waals surface area contributed by atoms with Crippen molar-refractivity contribution >= 4 is 30.3 Å². The van der Waals surface area contributed by atoms with Gasteiger partial charge in [0.05, 0.1) is 0 Å². The van der Waals surface area contributed by atoms with Crippen LogP contribution >= 0.6 is 0 Å². The molecule has 1 heteroatoms. The molecule has 0 fully saturated rings. The number of fused-ring (bicyclic) bond motifs is 2. The average molecular weight is 397 g/mol. The molecule has 0 heterocycles. The highest BCUT2D eigenvalue weighted by Crippen LogP contribution is 2.20. The van der Waals surface area contributed by atoms with Gasteiger partial charge in [0.1, 0.15) is 0 Å². The third-order valence-corrected chi connectivity index (χ3v) is 6.91. The molecule has 0 aliphatic rings. The minimum absolute atomic E-state index is 0.374. The predicted octanol–water partition coefficient (Wildman–Crippen LogP) is 7.83. The van der Waals surface area contributed by atoms with E-state index in [1.807, 2.05) is 6.08 Å². The van der Waals surface area contributed by atoms with Gasteiger partial charge in [-0.1, -0.05) is 117 Å². The van der Waals surface area contributed by atoms with E-state index < -0.39 is 0 Å². The lowest BCUT2D eigenvalue weighted by Gasteiger charge is -2.07. The normalized spacial score (nSPS) is 10.7. The van der Waals surface area contributed by atoms with Gasteiger partial charge in [-0.3, -0.25) is 0 Å². The molecule has 4 rings (SSSR count). The van der Waals surface area contributed by atoms with Gasteiger partial charge in [-0.2, -0.15) is 0 Å². The van der Waals surface area contributed by atoms with Gasteiger partial charge >= 0.3 is 0 Å². The van der Waals surface area contributed by atoms with Crippen LogP contribution in [0.2, 0.25) is 19.1 Å². The maximum Gasteiger partial charge on any atom is 0.0305 e. The lowest BCUT2D eigenvalue weighted by molar-refractivity contribution is 0.917. The van der Waals surface area contributed by atoms with Crippen LogP contribution in [0.25, 0.3) is 21.5 Å². The van der Waals surface area contributed by atoms with Crippen LogP contribution < -0.4 is 0 Å². The van der Waals surface area contributed by atoms with Gasteiger partial charge in [0, 0.05) is 8.80 Å². The largest absolute Gasteiger partial charge is 0.103 e. The highest BCUT2D eigenvalue weighted by molar-refractivity contribution is 6.55. The van der Waals surface area contributed by atoms with Gasteiger partial charge in [0.2, 0.25) is 0 Å². The highest BCUT2D eigenvalue weighted by Gasteiger charge is 2.01. The molecule has 0 radical (unpaired) electrons. The Bertz CT molecular complexity index is 1050. The van der Waals surface area contributed by atoms with Gasteiger partial charge in [0.15, 0.2) is 0 Å². The fourth-order valence-electron chi connectivity index (χ4n) is 3.84. The summed E-state index contributed by atoms with van der Waals surface area (Å²) in [7, 11) is -0.374. The molecule has 148 valence electrons. The molecule has 4 aromatic carbocycles. The van der Waals surface area contributed by atoms with Crippen molar-refractivity contribution in [3.63, 3.8) is 0 Å². The van der Waals surface area contributed by atoms with Crippen molar-refractivity contribution in [2.45, 2.75) is 38.4 Å². The minimum Gasteiger partial charge on any atom is -0.103 e. The zero-order valence-electron chi connectivity index (χ0n) is 17.8. The van der Waals surface area contributed by atoms with Crippen LogP contribution in [0.5, 0.6) is 0 Å². The second kappa shape index (κ2) is 10.8. The molecule has 0 bridgehead atoms. The van der Waals surface area contributed by atoms with Crippen molar-refractivity contribution in [3.8, 4) is 0 Å². The van der Waals surface area contributed by atoms with Crippen molar-refractivity contribution in [1.82, 2.24) is 0 Å². The van der Waals surface area contributed by atoms with E-state index in [1.54, 1.807) is 0 Å². The molecular formula is C28H32Si. The Morgan fingerprint density at radius 2 is 1.21 bits per heavy atom. The summed E-state index contributed by atoms with van der Waals surface area (Å²) in [5, 5.41) is 5.46. The molecule has 0 amide bonds. The fraction of sp³-hybridized carbons (Fsp3) is 0.214. The minimum atomic E-state index is -0.374. The summed E-state index contributed by atoms with van der Waals surface area (Å²) >= 11 is 0. The van der Waals surface area contributed by atoms with Crippen molar-refractivity contribution in [3.05, 3.63) is 109 Å². The SMILES string of the molecule is C=CCc1cccc2ccccc12.C[SiH](C)CCCc1cccc2ccccc12. The predicted molar refractivity (Wildman–Crippen MR) is 134 cm³/mol. The second-order valence-electron chi connectivity index (χ2n) is 8.06. The molecule has 0 atom stereocenters. The standard InChI is InChI=1S/C15H20Si.C13H12/c1-16(2)12-6-10-14-9-5-8-13-7-3-4-11-15(13)14;1-2-6-11-8-5-9-12-7-3-4-10-13(11)12/h3-5,7-9,11,16H,6,10,12H2,1-2H3;2-5,7-10H,1,6H2.